The summed E-state index contributed by atoms with van der Waals surface area (Å²) < 4.78 is 27.4. The lowest BCUT2D eigenvalue weighted by atomic mass is 10.0. The van der Waals surface area contributed by atoms with E-state index in [1.807, 2.05) is 12.1 Å². The molecule has 10 nitrogen and oxygen atoms in total. The third kappa shape index (κ3) is 5.07. The quantitative estimate of drug-likeness (QED) is 0.484. The molecule has 0 N–H and O–H groups in total. The number of aromatic nitrogens is 3. The van der Waals surface area contributed by atoms with Crippen LogP contribution in [0.3, 0.4) is 0 Å². The molecule has 2 aromatic heterocycles. The molecule has 11 heteroatoms. The normalized spacial score (nSPS) is 15.8. The molecule has 1 fully saturated rings. The molecule has 39 heavy (non-hydrogen) atoms. The standard InChI is InChI=1S/C28H29FN6O4/c1-28(2,3)39-27(37)34-16-21-25(26(34)36)22(14-20(31-21)24-17(15-30)6-5-7-19(24)29)35-13-10-23(32-35)33-11-8-18(38-4)9-12-33/h5-7,10,13-14,18H,8-9,11-12,16H2,1-4H3. The molecule has 0 bridgehead atoms. The van der Waals surface area contributed by atoms with Gasteiger partial charge in [0.25, 0.3) is 5.91 Å². The molecule has 0 aliphatic carbocycles. The number of nitrogens with zero attached hydrogens (tertiary/aromatic N) is 6. The molecule has 0 unspecified atom stereocenters. The number of pyridine rings is 1. The lowest BCUT2D eigenvalue weighted by Gasteiger charge is -2.31. The second-order valence-electron chi connectivity index (χ2n) is 10.5. The van der Waals surface area contributed by atoms with E-state index in [9.17, 15) is 14.9 Å². The van der Waals surface area contributed by atoms with E-state index >= 15 is 4.39 Å². The lowest BCUT2D eigenvalue weighted by molar-refractivity contribution is 0.0247. The number of imide groups is 1. The maximum absolute atomic E-state index is 15.0. The number of nitriles is 1. The second-order valence-corrected chi connectivity index (χ2v) is 10.5. The van der Waals surface area contributed by atoms with E-state index in [4.69, 9.17) is 14.6 Å². The number of benzene rings is 1. The van der Waals surface area contributed by atoms with Gasteiger partial charge in [-0.3, -0.25) is 4.79 Å². The van der Waals surface area contributed by atoms with Gasteiger partial charge in [0.1, 0.15) is 11.4 Å². The number of halogens is 1. The van der Waals surface area contributed by atoms with Gasteiger partial charge in [-0.25, -0.2) is 23.8 Å². The molecule has 5 rings (SSSR count). The Morgan fingerprint density at radius 2 is 1.92 bits per heavy atom. The highest BCUT2D eigenvalue weighted by molar-refractivity contribution is 6.08. The predicted molar refractivity (Wildman–Crippen MR) is 140 cm³/mol. The minimum Gasteiger partial charge on any atom is -0.443 e. The Hall–Kier alpha value is -4.30. The zero-order valence-electron chi connectivity index (χ0n) is 22.3. The Balaban J connectivity index is 1.59. The van der Waals surface area contributed by atoms with Gasteiger partial charge in [0.2, 0.25) is 0 Å². The fraction of sp³-hybridized carbons (Fsp3) is 0.393. The van der Waals surface area contributed by atoms with Crippen LogP contribution < -0.4 is 4.90 Å². The maximum atomic E-state index is 15.0. The number of methoxy groups -OCH3 is 1. The van der Waals surface area contributed by atoms with Crippen LogP contribution in [0, 0.1) is 17.1 Å². The van der Waals surface area contributed by atoms with Crippen LogP contribution in [-0.2, 0) is 16.0 Å². The van der Waals surface area contributed by atoms with E-state index in [1.165, 1.54) is 28.9 Å². The molecule has 1 saturated heterocycles. The topological polar surface area (TPSA) is 114 Å². The van der Waals surface area contributed by atoms with Gasteiger partial charge in [0, 0.05) is 32.5 Å². The molecule has 3 aromatic rings. The lowest BCUT2D eigenvalue weighted by Crippen LogP contribution is -2.37. The maximum Gasteiger partial charge on any atom is 0.417 e. The van der Waals surface area contributed by atoms with E-state index in [1.54, 1.807) is 34.1 Å². The Kier molecular flexibility index (Phi) is 6.82. The molecule has 2 aliphatic heterocycles. The van der Waals surface area contributed by atoms with E-state index in [2.05, 4.69) is 9.88 Å². The van der Waals surface area contributed by atoms with Crippen LogP contribution in [0.15, 0.2) is 36.5 Å². The van der Waals surface area contributed by atoms with Crippen LogP contribution in [0.1, 0.15) is 55.2 Å². The fourth-order valence-electron chi connectivity index (χ4n) is 4.88. The number of carbonyl (C=O) groups is 2. The van der Waals surface area contributed by atoms with Crippen molar-refractivity contribution in [2.45, 2.75) is 51.9 Å². The Labute approximate surface area is 225 Å². The summed E-state index contributed by atoms with van der Waals surface area (Å²) in [7, 11) is 1.71. The van der Waals surface area contributed by atoms with Crippen molar-refractivity contribution >= 4 is 17.8 Å². The van der Waals surface area contributed by atoms with Gasteiger partial charge < -0.3 is 14.4 Å². The summed E-state index contributed by atoms with van der Waals surface area (Å²) in [5.74, 6) is -0.488. The first kappa shape index (κ1) is 26.3. The highest BCUT2D eigenvalue weighted by atomic mass is 19.1. The predicted octanol–water partition coefficient (Wildman–Crippen LogP) is 4.45. The van der Waals surface area contributed by atoms with E-state index < -0.39 is 23.4 Å². The smallest absolute Gasteiger partial charge is 0.417 e. The summed E-state index contributed by atoms with van der Waals surface area (Å²) in [6.07, 6.45) is 2.86. The minimum atomic E-state index is -0.810. The first-order chi connectivity index (χ1) is 18.6. The van der Waals surface area contributed by atoms with Gasteiger partial charge in [0.15, 0.2) is 5.82 Å². The average molecular weight is 533 g/mol. The van der Waals surface area contributed by atoms with Crippen molar-refractivity contribution in [3.8, 4) is 23.0 Å². The number of hydrogen-bond acceptors (Lipinski definition) is 8. The number of anilines is 1. The second kappa shape index (κ2) is 10.1. The molecule has 4 heterocycles. The van der Waals surface area contributed by atoms with Gasteiger partial charge in [-0.2, -0.15) is 10.4 Å². The fourth-order valence-corrected chi connectivity index (χ4v) is 4.88. The monoisotopic (exact) mass is 532 g/mol. The first-order valence-electron chi connectivity index (χ1n) is 12.7. The summed E-state index contributed by atoms with van der Waals surface area (Å²) >= 11 is 0. The van der Waals surface area contributed by atoms with Crippen LogP contribution in [0.25, 0.3) is 16.9 Å². The zero-order chi connectivity index (χ0) is 27.9. The zero-order valence-corrected chi connectivity index (χ0v) is 22.3. The van der Waals surface area contributed by atoms with Crippen LogP contribution >= 0.6 is 0 Å². The highest BCUT2D eigenvalue weighted by Crippen LogP contribution is 2.34. The van der Waals surface area contributed by atoms with Gasteiger partial charge in [-0.1, -0.05) is 6.07 Å². The van der Waals surface area contributed by atoms with Crippen LogP contribution in [0.4, 0.5) is 15.0 Å². The molecule has 0 saturated carbocycles. The summed E-state index contributed by atoms with van der Waals surface area (Å²) in [5, 5.41) is 14.4. The molecular weight excluding hydrogens is 503 g/mol. The Morgan fingerprint density at radius 3 is 2.59 bits per heavy atom. The van der Waals surface area contributed by atoms with E-state index in [0.29, 0.717) is 5.69 Å². The van der Waals surface area contributed by atoms with Crippen molar-refractivity contribution in [1.29, 1.82) is 5.26 Å². The van der Waals surface area contributed by atoms with Crippen molar-refractivity contribution in [3.05, 3.63) is 59.2 Å². The van der Waals surface area contributed by atoms with Gasteiger partial charge in [0.05, 0.1) is 52.5 Å². The number of piperidine rings is 1. The first-order valence-corrected chi connectivity index (χ1v) is 12.7. The third-order valence-corrected chi connectivity index (χ3v) is 6.77. The SMILES string of the molecule is COC1CCN(c2ccn(-c3cc(-c4c(F)cccc4C#N)nc4c3C(=O)N(C(=O)OC(C)(C)C)C4)n2)CC1. The number of fused-ring (bicyclic) bond motifs is 1. The van der Waals surface area contributed by atoms with Crippen molar-refractivity contribution in [1.82, 2.24) is 19.7 Å². The molecule has 2 amide bonds. The van der Waals surface area contributed by atoms with Crippen LogP contribution in [0.2, 0.25) is 0 Å². The average Bonchev–Trinajstić information content (AvgIpc) is 3.52. The van der Waals surface area contributed by atoms with Crippen LogP contribution in [-0.4, -0.2) is 63.6 Å². The molecule has 0 spiro atoms. The van der Waals surface area contributed by atoms with Crippen molar-refractivity contribution in [2.75, 3.05) is 25.1 Å². The minimum absolute atomic E-state index is 0.0150. The highest BCUT2D eigenvalue weighted by Gasteiger charge is 2.39. The van der Waals surface area contributed by atoms with Gasteiger partial charge in [-0.15, -0.1) is 0 Å². The molecule has 0 radical (unpaired) electrons. The summed E-state index contributed by atoms with van der Waals surface area (Å²) in [6.45, 7) is 6.51. The number of rotatable bonds is 4. The van der Waals surface area contributed by atoms with E-state index in [-0.39, 0.29) is 40.7 Å². The van der Waals surface area contributed by atoms with Crippen molar-refractivity contribution in [3.63, 3.8) is 0 Å². The Bertz CT molecular complexity index is 1480. The molecule has 202 valence electrons. The molecule has 2 aliphatic rings. The van der Waals surface area contributed by atoms with Gasteiger partial charge in [-0.05, 0) is 51.8 Å². The number of amides is 2. The van der Waals surface area contributed by atoms with E-state index in [0.717, 1.165) is 36.6 Å². The summed E-state index contributed by atoms with van der Waals surface area (Å²) in [5.41, 5.74) is 0.238. The van der Waals surface area contributed by atoms with Crippen molar-refractivity contribution < 1.29 is 23.5 Å². The number of hydrogen-bond donors (Lipinski definition) is 0. The Morgan fingerprint density at radius 1 is 1.18 bits per heavy atom. The molecule has 1 aromatic carbocycles. The number of carbonyl (C=O) groups excluding carboxylic acids is 2. The third-order valence-electron chi connectivity index (χ3n) is 6.77. The number of ether oxygens (including phenoxy) is 2. The largest absolute Gasteiger partial charge is 0.443 e. The van der Waals surface area contributed by atoms with Crippen LogP contribution in [0.5, 0.6) is 0 Å². The summed E-state index contributed by atoms with van der Waals surface area (Å²) in [6, 6.07) is 9.58. The van der Waals surface area contributed by atoms with Gasteiger partial charge >= 0.3 is 6.09 Å². The summed E-state index contributed by atoms with van der Waals surface area (Å²) in [4.78, 5) is 34.1. The molecule has 0 atom stereocenters. The van der Waals surface area contributed by atoms with Crippen molar-refractivity contribution in [2.24, 2.45) is 0 Å². The molecular formula is C28H29FN6O4.